The van der Waals surface area contributed by atoms with Crippen LogP contribution in [0.3, 0.4) is 0 Å². The monoisotopic (exact) mass is 346 g/mol. The summed E-state index contributed by atoms with van der Waals surface area (Å²) in [6.45, 7) is 9.88. The molecule has 0 saturated carbocycles. The first kappa shape index (κ1) is 16.3. The molecule has 2 bridgehead atoms. The van der Waals surface area contributed by atoms with Crippen molar-refractivity contribution in [2.45, 2.75) is 52.5 Å². The summed E-state index contributed by atoms with van der Waals surface area (Å²) in [5.74, 6) is -0.820. The molecule has 8 heteroatoms. The lowest BCUT2D eigenvalue weighted by atomic mass is 9.78. The highest BCUT2D eigenvalue weighted by molar-refractivity contribution is 6.13. The molecule has 25 heavy (non-hydrogen) atoms. The Labute approximate surface area is 145 Å². The summed E-state index contributed by atoms with van der Waals surface area (Å²) < 4.78 is 12.2. The highest BCUT2D eigenvalue weighted by Crippen LogP contribution is 2.57. The minimum Gasteiger partial charge on any atom is -0.425 e. The summed E-state index contributed by atoms with van der Waals surface area (Å²) in [4.78, 5) is 35.9. The SMILES string of the molecule is CCCN(c1oc(C)nc1C)C12OC(C)(N=C1C)C1C(=O)NC(=O)C12. The number of aromatic nitrogens is 1. The molecule has 3 aliphatic rings. The van der Waals surface area contributed by atoms with Crippen LogP contribution >= 0.6 is 0 Å². The second-order valence-corrected chi connectivity index (χ2v) is 7.13. The molecular formula is C17H22N4O4. The van der Waals surface area contributed by atoms with Crippen molar-refractivity contribution in [2.24, 2.45) is 16.8 Å². The largest absolute Gasteiger partial charge is 0.425 e. The highest BCUT2D eigenvalue weighted by Gasteiger charge is 2.76. The van der Waals surface area contributed by atoms with Gasteiger partial charge in [0, 0.05) is 13.5 Å². The van der Waals surface area contributed by atoms with E-state index in [4.69, 9.17) is 9.15 Å². The number of amides is 2. The first-order chi connectivity index (χ1) is 11.7. The summed E-state index contributed by atoms with van der Waals surface area (Å²) in [5.41, 5.74) is -0.760. The number of ether oxygens (including phenoxy) is 1. The van der Waals surface area contributed by atoms with Crippen molar-refractivity contribution in [3.63, 3.8) is 0 Å². The number of fused-ring (bicyclic) bond motifs is 5. The Morgan fingerprint density at radius 1 is 1.20 bits per heavy atom. The van der Waals surface area contributed by atoms with E-state index in [0.29, 0.717) is 24.0 Å². The molecule has 134 valence electrons. The molecule has 0 spiro atoms. The summed E-state index contributed by atoms with van der Waals surface area (Å²) in [5, 5.41) is 2.45. The summed E-state index contributed by atoms with van der Waals surface area (Å²) in [7, 11) is 0. The van der Waals surface area contributed by atoms with Gasteiger partial charge in [0.25, 0.3) is 0 Å². The average Bonchev–Trinajstić information content (AvgIpc) is 3.16. The standard InChI is InChI=1S/C17H22N4O4/c1-6-7-21(15-8(2)18-10(4)24-15)17-9(3)20-16(5,25-17)11-12(17)14(23)19-13(11)22/h11-12H,6-7H2,1-5H3,(H,19,22,23). The van der Waals surface area contributed by atoms with Gasteiger partial charge >= 0.3 is 0 Å². The van der Waals surface area contributed by atoms with E-state index in [2.05, 4.69) is 15.3 Å². The molecule has 8 nitrogen and oxygen atoms in total. The molecule has 2 fully saturated rings. The minimum absolute atomic E-state index is 0.317. The number of carbonyl (C=O) groups is 2. The van der Waals surface area contributed by atoms with Crippen molar-refractivity contribution in [3.05, 3.63) is 11.6 Å². The van der Waals surface area contributed by atoms with Gasteiger partial charge < -0.3 is 14.1 Å². The van der Waals surface area contributed by atoms with Crippen LogP contribution in [-0.4, -0.2) is 40.5 Å². The predicted octanol–water partition coefficient (Wildman–Crippen LogP) is 1.31. The maximum absolute atomic E-state index is 12.6. The summed E-state index contributed by atoms with van der Waals surface area (Å²) >= 11 is 0. The number of hydrogen-bond donors (Lipinski definition) is 1. The Kier molecular flexibility index (Phi) is 3.19. The van der Waals surface area contributed by atoms with Crippen molar-refractivity contribution in [2.75, 3.05) is 11.4 Å². The first-order valence-corrected chi connectivity index (χ1v) is 8.58. The zero-order valence-corrected chi connectivity index (χ0v) is 15.0. The molecule has 4 heterocycles. The molecule has 1 aromatic heterocycles. The Morgan fingerprint density at radius 3 is 2.48 bits per heavy atom. The second kappa shape index (κ2) is 4.91. The van der Waals surface area contributed by atoms with Crippen LogP contribution in [0, 0.1) is 25.7 Å². The molecule has 1 N–H and O–H groups in total. The van der Waals surface area contributed by atoms with E-state index in [0.717, 1.165) is 12.1 Å². The number of rotatable bonds is 4. The van der Waals surface area contributed by atoms with Gasteiger partial charge in [0.2, 0.25) is 17.7 Å². The molecule has 0 aliphatic carbocycles. The molecule has 1 aromatic rings. The predicted molar refractivity (Wildman–Crippen MR) is 89.1 cm³/mol. The van der Waals surface area contributed by atoms with Crippen LogP contribution in [0.5, 0.6) is 0 Å². The van der Waals surface area contributed by atoms with Crippen LogP contribution in [0.4, 0.5) is 5.88 Å². The number of hydrogen-bond acceptors (Lipinski definition) is 7. The van der Waals surface area contributed by atoms with E-state index in [9.17, 15) is 9.59 Å². The summed E-state index contributed by atoms with van der Waals surface area (Å²) in [6.07, 6.45) is 0.807. The summed E-state index contributed by atoms with van der Waals surface area (Å²) in [6, 6.07) is 0. The molecule has 3 aliphatic heterocycles. The minimum atomic E-state index is -1.12. The molecule has 2 saturated heterocycles. The van der Waals surface area contributed by atoms with E-state index in [1.165, 1.54) is 0 Å². The zero-order chi connectivity index (χ0) is 18.1. The maximum atomic E-state index is 12.6. The van der Waals surface area contributed by atoms with Gasteiger partial charge in [0.15, 0.2) is 17.3 Å². The molecule has 4 rings (SSSR count). The van der Waals surface area contributed by atoms with Crippen LogP contribution in [0.15, 0.2) is 9.41 Å². The molecular weight excluding hydrogens is 324 g/mol. The fourth-order valence-corrected chi connectivity index (χ4v) is 4.61. The number of oxazole rings is 1. The normalized spacial score (nSPS) is 35.8. The number of anilines is 1. The number of carbonyl (C=O) groups excluding carboxylic acids is 2. The quantitative estimate of drug-likeness (QED) is 0.826. The third kappa shape index (κ3) is 1.85. The van der Waals surface area contributed by atoms with Gasteiger partial charge in [-0.25, -0.2) is 4.98 Å². The van der Waals surface area contributed by atoms with Crippen molar-refractivity contribution < 1.29 is 18.7 Å². The van der Waals surface area contributed by atoms with Gasteiger partial charge in [-0.2, -0.15) is 0 Å². The lowest BCUT2D eigenvalue weighted by molar-refractivity contribution is -0.133. The average molecular weight is 346 g/mol. The van der Waals surface area contributed by atoms with Crippen molar-refractivity contribution >= 4 is 23.4 Å². The molecule has 0 aromatic carbocycles. The molecule has 4 atom stereocenters. The topological polar surface area (TPSA) is 97.0 Å². The third-order valence-corrected chi connectivity index (χ3v) is 5.39. The number of nitrogens with zero attached hydrogens (tertiary/aromatic N) is 3. The maximum Gasteiger partial charge on any atom is 0.235 e. The van der Waals surface area contributed by atoms with Crippen LogP contribution in [0.2, 0.25) is 0 Å². The fraction of sp³-hybridized carbons (Fsp3) is 0.647. The Balaban J connectivity index is 1.91. The third-order valence-electron chi connectivity index (χ3n) is 5.39. The number of aliphatic imine (C=N–C) groups is 1. The second-order valence-electron chi connectivity index (χ2n) is 7.13. The lowest BCUT2D eigenvalue weighted by Gasteiger charge is -2.41. The Bertz CT molecular complexity index is 816. The first-order valence-electron chi connectivity index (χ1n) is 8.58. The molecule has 2 amide bonds. The van der Waals surface area contributed by atoms with Crippen LogP contribution in [0.1, 0.15) is 38.8 Å². The van der Waals surface area contributed by atoms with E-state index >= 15 is 0 Å². The molecule has 4 unspecified atom stereocenters. The molecule has 0 radical (unpaired) electrons. The highest BCUT2D eigenvalue weighted by atomic mass is 16.6. The number of aryl methyl sites for hydroxylation is 2. The van der Waals surface area contributed by atoms with Crippen molar-refractivity contribution in [1.82, 2.24) is 10.3 Å². The fourth-order valence-electron chi connectivity index (χ4n) is 4.61. The van der Waals surface area contributed by atoms with Gasteiger partial charge in [-0.1, -0.05) is 6.92 Å². The van der Waals surface area contributed by atoms with Crippen molar-refractivity contribution in [3.8, 4) is 0 Å². The lowest BCUT2D eigenvalue weighted by Crippen LogP contribution is -2.60. The Hall–Kier alpha value is -2.22. The van der Waals surface area contributed by atoms with Crippen LogP contribution < -0.4 is 10.2 Å². The number of nitrogens with one attached hydrogen (secondary N) is 1. The Morgan fingerprint density at radius 2 is 1.88 bits per heavy atom. The van der Waals surface area contributed by atoms with Crippen LogP contribution in [0.25, 0.3) is 0 Å². The van der Waals surface area contributed by atoms with E-state index in [1.54, 1.807) is 13.8 Å². The van der Waals surface area contributed by atoms with Gasteiger partial charge in [0.05, 0.1) is 5.71 Å². The van der Waals surface area contributed by atoms with Gasteiger partial charge in [-0.15, -0.1) is 0 Å². The van der Waals surface area contributed by atoms with E-state index in [-0.39, 0.29) is 11.8 Å². The van der Waals surface area contributed by atoms with E-state index < -0.39 is 23.3 Å². The number of imide groups is 1. The van der Waals surface area contributed by atoms with Crippen molar-refractivity contribution in [1.29, 1.82) is 0 Å². The van der Waals surface area contributed by atoms with Gasteiger partial charge in [-0.05, 0) is 27.2 Å². The van der Waals surface area contributed by atoms with Gasteiger partial charge in [-0.3, -0.25) is 19.9 Å². The van der Waals surface area contributed by atoms with Gasteiger partial charge in [0.1, 0.15) is 17.5 Å². The zero-order valence-electron chi connectivity index (χ0n) is 15.0. The van der Waals surface area contributed by atoms with E-state index in [1.807, 2.05) is 25.7 Å². The smallest absolute Gasteiger partial charge is 0.235 e. The van der Waals surface area contributed by atoms with Crippen LogP contribution in [-0.2, 0) is 14.3 Å².